The maximum Gasteiger partial charge on any atom is 0.160 e. The van der Waals surface area contributed by atoms with Gasteiger partial charge in [0.2, 0.25) is 0 Å². The van der Waals surface area contributed by atoms with Gasteiger partial charge in [-0.1, -0.05) is 117 Å². The molecule has 2 aromatic heterocycles. The first-order chi connectivity index (χ1) is 23.0. The number of hydrogen-bond acceptors (Lipinski definition) is 3. The van der Waals surface area contributed by atoms with E-state index in [-0.39, 0.29) is 5.41 Å². The van der Waals surface area contributed by atoms with Gasteiger partial charge in [0.15, 0.2) is 5.82 Å². The Balaban J connectivity index is 1.19. The van der Waals surface area contributed by atoms with E-state index in [4.69, 9.17) is 9.97 Å². The predicted molar refractivity (Wildman–Crippen MR) is 194 cm³/mol. The van der Waals surface area contributed by atoms with Crippen molar-refractivity contribution in [1.29, 1.82) is 0 Å². The zero-order valence-corrected chi connectivity index (χ0v) is 26.3. The van der Waals surface area contributed by atoms with Crippen LogP contribution in [0.15, 0.2) is 152 Å². The molecule has 0 aliphatic heterocycles. The number of nitrogens with zero attached hydrogens (tertiary/aromatic N) is 3. The first kappa shape index (κ1) is 27.4. The highest BCUT2D eigenvalue weighted by Crippen LogP contribution is 2.50. The van der Waals surface area contributed by atoms with Crippen molar-refractivity contribution in [1.82, 2.24) is 15.0 Å². The quantitative estimate of drug-likeness (QED) is 0.188. The number of fused-ring (bicyclic) bond motifs is 6. The van der Waals surface area contributed by atoms with Crippen molar-refractivity contribution in [3.05, 3.63) is 163 Å². The molecule has 222 valence electrons. The Labute approximate surface area is 274 Å². The van der Waals surface area contributed by atoms with Gasteiger partial charge in [-0.15, -0.1) is 0 Å². The standard InChI is InChI=1S/C44H31N3/c1-44(2)38-16-7-6-15-35(38)37-25-30-19-18-29-23-33(20-21-34(29)36(30)26-39(37)44)43-46-41(28-11-4-3-5-12-28)27-42(47-43)32-14-10-13-31(24-32)40-17-8-9-22-45-40/h3-27H,1-2H3. The molecule has 0 amide bonds. The minimum atomic E-state index is -0.0434. The summed E-state index contributed by atoms with van der Waals surface area (Å²) in [6, 6.07) is 51.6. The molecule has 0 saturated carbocycles. The fraction of sp³-hybridized carbons (Fsp3) is 0.0682. The summed E-state index contributed by atoms with van der Waals surface area (Å²) in [4.78, 5) is 14.8. The summed E-state index contributed by atoms with van der Waals surface area (Å²) >= 11 is 0. The van der Waals surface area contributed by atoms with Gasteiger partial charge in [-0.05, 0) is 86.3 Å². The summed E-state index contributed by atoms with van der Waals surface area (Å²) in [5.74, 6) is 0.706. The van der Waals surface area contributed by atoms with E-state index >= 15 is 0 Å². The molecular weight excluding hydrogens is 571 g/mol. The van der Waals surface area contributed by atoms with Gasteiger partial charge in [-0.3, -0.25) is 4.98 Å². The van der Waals surface area contributed by atoms with Crippen LogP contribution in [0.25, 0.3) is 77.8 Å². The molecule has 0 N–H and O–H groups in total. The van der Waals surface area contributed by atoms with Crippen LogP contribution in [-0.2, 0) is 5.41 Å². The van der Waals surface area contributed by atoms with Gasteiger partial charge in [0.25, 0.3) is 0 Å². The molecule has 0 bridgehead atoms. The molecule has 1 aliphatic carbocycles. The molecule has 2 heterocycles. The fourth-order valence-corrected chi connectivity index (χ4v) is 7.25. The Morgan fingerprint density at radius 2 is 1.13 bits per heavy atom. The number of aromatic nitrogens is 3. The van der Waals surface area contributed by atoms with Crippen molar-refractivity contribution in [3.63, 3.8) is 0 Å². The minimum absolute atomic E-state index is 0.0434. The molecule has 9 rings (SSSR count). The lowest BCUT2D eigenvalue weighted by atomic mass is 9.81. The second-order valence-corrected chi connectivity index (χ2v) is 12.9. The summed E-state index contributed by atoms with van der Waals surface area (Å²) in [7, 11) is 0. The monoisotopic (exact) mass is 601 g/mol. The number of hydrogen-bond donors (Lipinski definition) is 0. The molecule has 0 unspecified atom stereocenters. The normalized spacial score (nSPS) is 13.1. The van der Waals surface area contributed by atoms with E-state index in [2.05, 4.69) is 140 Å². The Morgan fingerprint density at radius 1 is 0.426 bits per heavy atom. The van der Waals surface area contributed by atoms with Crippen molar-refractivity contribution in [2.75, 3.05) is 0 Å². The predicted octanol–water partition coefficient (Wildman–Crippen LogP) is 11.2. The summed E-state index contributed by atoms with van der Waals surface area (Å²) in [5.41, 5.74) is 12.3. The molecule has 3 nitrogen and oxygen atoms in total. The van der Waals surface area contributed by atoms with E-state index < -0.39 is 0 Å². The zero-order chi connectivity index (χ0) is 31.5. The molecule has 0 fully saturated rings. The van der Waals surface area contributed by atoms with E-state index in [0.29, 0.717) is 5.82 Å². The Morgan fingerprint density at radius 3 is 1.94 bits per heavy atom. The Bertz CT molecular complexity index is 2480. The lowest BCUT2D eigenvalue weighted by molar-refractivity contribution is 0.661. The molecule has 8 aromatic rings. The topological polar surface area (TPSA) is 38.7 Å². The van der Waals surface area contributed by atoms with Gasteiger partial charge in [-0.2, -0.15) is 0 Å². The molecule has 0 saturated heterocycles. The molecular formula is C44H31N3. The summed E-state index contributed by atoms with van der Waals surface area (Å²) in [5, 5.41) is 4.95. The van der Waals surface area contributed by atoms with Crippen LogP contribution < -0.4 is 0 Å². The van der Waals surface area contributed by atoms with Gasteiger partial charge in [0.1, 0.15) is 0 Å². The Hall–Kier alpha value is -5.93. The minimum Gasteiger partial charge on any atom is -0.256 e. The van der Waals surface area contributed by atoms with Crippen LogP contribution >= 0.6 is 0 Å². The van der Waals surface area contributed by atoms with Crippen molar-refractivity contribution in [3.8, 4) is 56.3 Å². The zero-order valence-electron chi connectivity index (χ0n) is 26.3. The molecule has 3 heteroatoms. The second kappa shape index (κ2) is 10.6. The van der Waals surface area contributed by atoms with Crippen LogP contribution in [0.2, 0.25) is 0 Å². The highest BCUT2D eigenvalue weighted by atomic mass is 14.9. The molecule has 47 heavy (non-hydrogen) atoms. The smallest absolute Gasteiger partial charge is 0.160 e. The molecule has 6 aromatic carbocycles. The van der Waals surface area contributed by atoms with Gasteiger partial charge < -0.3 is 0 Å². The van der Waals surface area contributed by atoms with Crippen LogP contribution in [0.1, 0.15) is 25.0 Å². The van der Waals surface area contributed by atoms with Crippen molar-refractivity contribution >= 4 is 21.5 Å². The van der Waals surface area contributed by atoms with E-state index in [0.717, 1.165) is 39.3 Å². The molecule has 1 aliphatic rings. The SMILES string of the molecule is CC1(C)c2ccccc2-c2cc3ccc4cc(-c5nc(-c6ccccc6)cc(-c6cccc(-c7ccccn7)c6)n5)ccc4c3cc21. The summed E-state index contributed by atoms with van der Waals surface area (Å²) < 4.78 is 0. The van der Waals surface area contributed by atoms with Gasteiger partial charge >= 0.3 is 0 Å². The number of pyridine rings is 1. The Kier molecular flexibility index (Phi) is 6.16. The van der Waals surface area contributed by atoms with Crippen LogP contribution in [-0.4, -0.2) is 15.0 Å². The van der Waals surface area contributed by atoms with E-state index in [9.17, 15) is 0 Å². The largest absolute Gasteiger partial charge is 0.256 e. The summed E-state index contributed by atoms with van der Waals surface area (Å²) in [6.07, 6.45) is 1.83. The molecule has 0 spiro atoms. The first-order valence-electron chi connectivity index (χ1n) is 16.1. The highest BCUT2D eigenvalue weighted by Gasteiger charge is 2.35. The van der Waals surface area contributed by atoms with Crippen LogP contribution in [0, 0.1) is 0 Å². The third-order valence-electron chi connectivity index (χ3n) is 9.71. The number of rotatable bonds is 4. The van der Waals surface area contributed by atoms with Gasteiger partial charge in [-0.25, -0.2) is 9.97 Å². The van der Waals surface area contributed by atoms with Crippen LogP contribution in [0.4, 0.5) is 0 Å². The molecule has 0 atom stereocenters. The average Bonchev–Trinajstić information content (AvgIpc) is 3.36. The summed E-state index contributed by atoms with van der Waals surface area (Å²) in [6.45, 7) is 4.68. The van der Waals surface area contributed by atoms with E-state index in [1.54, 1.807) is 0 Å². The lowest BCUT2D eigenvalue weighted by Gasteiger charge is -2.22. The third kappa shape index (κ3) is 4.54. The molecule has 0 radical (unpaired) electrons. The van der Waals surface area contributed by atoms with E-state index in [1.165, 1.54) is 43.8 Å². The van der Waals surface area contributed by atoms with Crippen molar-refractivity contribution < 1.29 is 0 Å². The van der Waals surface area contributed by atoms with E-state index in [1.807, 2.05) is 30.5 Å². The third-order valence-corrected chi connectivity index (χ3v) is 9.71. The maximum atomic E-state index is 5.16. The van der Waals surface area contributed by atoms with Gasteiger partial charge in [0.05, 0.1) is 17.1 Å². The van der Waals surface area contributed by atoms with Crippen molar-refractivity contribution in [2.45, 2.75) is 19.3 Å². The highest BCUT2D eigenvalue weighted by molar-refractivity contribution is 6.10. The lowest BCUT2D eigenvalue weighted by Crippen LogP contribution is -2.14. The number of benzene rings is 6. The maximum absolute atomic E-state index is 5.16. The van der Waals surface area contributed by atoms with Crippen LogP contribution in [0.3, 0.4) is 0 Å². The fourth-order valence-electron chi connectivity index (χ4n) is 7.25. The average molecular weight is 602 g/mol. The van der Waals surface area contributed by atoms with Crippen LogP contribution in [0.5, 0.6) is 0 Å². The first-order valence-corrected chi connectivity index (χ1v) is 16.1. The second-order valence-electron chi connectivity index (χ2n) is 12.9. The van der Waals surface area contributed by atoms with Crippen molar-refractivity contribution in [2.24, 2.45) is 0 Å². The van der Waals surface area contributed by atoms with Gasteiger partial charge in [0, 0.05) is 33.9 Å².